The molecule has 0 aromatic rings. The Hall–Kier alpha value is -2.96. The molecular formula is C29H47N3O9. The van der Waals surface area contributed by atoms with E-state index in [1.165, 1.54) is 33.9 Å². The maximum Gasteiger partial charge on any atom is 0.335 e. The first-order chi connectivity index (χ1) is 19.6. The summed E-state index contributed by atoms with van der Waals surface area (Å²) in [5.41, 5.74) is 7.82. The fourth-order valence-corrected chi connectivity index (χ4v) is 5.23. The third-order valence-corrected chi connectivity index (χ3v) is 7.51. The molecule has 4 heterocycles. The van der Waals surface area contributed by atoms with E-state index in [2.05, 4.69) is 35.7 Å². The van der Waals surface area contributed by atoms with Crippen LogP contribution in [0.25, 0.3) is 0 Å². The van der Waals surface area contributed by atoms with Crippen molar-refractivity contribution in [1.82, 2.24) is 10.2 Å². The largest absolute Gasteiger partial charge is 0.466 e. The highest BCUT2D eigenvalue weighted by molar-refractivity contribution is 5.96. The molecule has 2 saturated heterocycles. The molecule has 0 saturated carbocycles. The average molecular weight is 582 g/mol. The molecule has 12 heteroatoms. The summed E-state index contributed by atoms with van der Waals surface area (Å²) in [7, 11) is 2.67. The Balaban J connectivity index is 0.000000249. The van der Waals surface area contributed by atoms with Crippen LogP contribution in [0, 0.1) is 0 Å². The minimum atomic E-state index is -0.601. The highest BCUT2D eigenvalue weighted by atomic mass is 16.5. The van der Waals surface area contributed by atoms with Gasteiger partial charge in [0.05, 0.1) is 62.1 Å². The van der Waals surface area contributed by atoms with Gasteiger partial charge in [-0.15, -0.1) is 0 Å². The zero-order valence-corrected chi connectivity index (χ0v) is 25.3. The van der Waals surface area contributed by atoms with Crippen LogP contribution in [0.4, 0.5) is 0 Å². The van der Waals surface area contributed by atoms with Gasteiger partial charge in [0.1, 0.15) is 6.42 Å². The highest BCUT2D eigenvalue weighted by Crippen LogP contribution is 2.36. The SMILES string of the molecule is CCN(CC)CC.CCOC(=O)CC(=O)NC1=C(C(=O)OC)CC2CCC1O2.COC(=O)C1=C(N)C2CCC(C1)O2. The monoisotopic (exact) mass is 581 g/mol. The van der Waals surface area contributed by atoms with Crippen LogP contribution >= 0.6 is 0 Å². The Morgan fingerprint density at radius 2 is 1.34 bits per heavy atom. The number of carbonyl (C=O) groups excluding carboxylic acids is 4. The Morgan fingerprint density at radius 1 is 0.829 bits per heavy atom. The number of nitrogens with two attached hydrogens (primary N) is 1. The second-order valence-corrected chi connectivity index (χ2v) is 10.0. The molecule has 0 aromatic carbocycles. The lowest BCUT2D eigenvalue weighted by molar-refractivity contribution is -0.146. The molecule has 3 N–H and O–H groups in total. The molecule has 41 heavy (non-hydrogen) atoms. The molecule has 2 fully saturated rings. The summed E-state index contributed by atoms with van der Waals surface area (Å²) in [4.78, 5) is 48.7. The van der Waals surface area contributed by atoms with Gasteiger partial charge in [-0.25, -0.2) is 9.59 Å². The number of methoxy groups -OCH3 is 2. The van der Waals surface area contributed by atoms with E-state index in [0.717, 1.165) is 25.7 Å². The zero-order chi connectivity index (χ0) is 30.5. The van der Waals surface area contributed by atoms with Gasteiger partial charge in [-0.2, -0.15) is 0 Å². The predicted molar refractivity (Wildman–Crippen MR) is 150 cm³/mol. The lowest BCUT2D eigenvalue weighted by Gasteiger charge is -2.26. The number of fused-ring (bicyclic) bond motifs is 4. The molecule has 4 bridgehead atoms. The van der Waals surface area contributed by atoms with Crippen LogP contribution in [0.2, 0.25) is 0 Å². The molecule has 232 valence electrons. The van der Waals surface area contributed by atoms with Gasteiger partial charge in [-0.1, -0.05) is 20.8 Å². The number of nitrogens with zero attached hydrogens (tertiary/aromatic N) is 1. The molecule has 4 aliphatic rings. The van der Waals surface area contributed by atoms with Crippen LogP contribution in [-0.2, 0) is 42.9 Å². The first-order valence-corrected chi connectivity index (χ1v) is 14.5. The third-order valence-electron chi connectivity index (χ3n) is 7.51. The molecular weight excluding hydrogens is 534 g/mol. The summed E-state index contributed by atoms with van der Waals surface area (Å²) >= 11 is 0. The molecule has 4 aliphatic heterocycles. The molecule has 1 amide bonds. The van der Waals surface area contributed by atoms with E-state index in [1.54, 1.807) is 6.92 Å². The highest BCUT2D eigenvalue weighted by Gasteiger charge is 2.39. The standard InChI is InChI=1S/C14H19NO6.C9H13NO3.C6H15N/c1-3-20-12(17)7-11(16)15-13-9(14(18)19-2)6-8-4-5-10(13)21-8;1-12-9(11)6-4-5-2-3-7(13-5)8(6)10;1-4-7(5-2)6-3/h8,10H,3-7H2,1-2H3,(H,15,16);5,7H,2-4,10H2,1H3;4-6H2,1-3H3. The number of hydrogen-bond donors (Lipinski definition) is 2. The summed E-state index contributed by atoms with van der Waals surface area (Å²) in [5.74, 6) is -1.89. The van der Waals surface area contributed by atoms with E-state index in [1.807, 2.05) is 0 Å². The van der Waals surface area contributed by atoms with E-state index < -0.39 is 17.8 Å². The summed E-state index contributed by atoms with van der Waals surface area (Å²) < 4.78 is 25.4. The van der Waals surface area contributed by atoms with Crippen LogP contribution in [-0.4, -0.2) is 93.6 Å². The van der Waals surface area contributed by atoms with Crippen molar-refractivity contribution in [3.05, 3.63) is 22.5 Å². The van der Waals surface area contributed by atoms with Crippen molar-refractivity contribution in [2.75, 3.05) is 40.5 Å². The first-order valence-electron chi connectivity index (χ1n) is 14.5. The molecule has 0 aromatic heterocycles. The third kappa shape index (κ3) is 9.82. The number of rotatable bonds is 9. The summed E-state index contributed by atoms with van der Waals surface area (Å²) in [6, 6.07) is 0. The molecule has 4 atom stereocenters. The molecule has 0 radical (unpaired) electrons. The lowest BCUT2D eigenvalue weighted by Crippen LogP contribution is -2.37. The number of esters is 3. The van der Waals surface area contributed by atoms with E-state index >= 15 is 0 Å². The van der Waals surface area contributed by atoms with Crippen molar-refractivity contribution >= 4 is 23.8 Å². The Kier molecular flexibility index (Phi) is 14.3. The van der Waals surface area contributed by atoms with E-state index in [-0.39, 0.29) is 43.4 Å². The van der Waals surface area contributed by atoms with Crippen LogP contribution in [0.3, 0.4) is 0 Å². The minimum Gasteiger partial charge on any atom is -0.466 e. The van der Waals surface area contributed by atoms with Crippen molar-refractivity contribution < 1.29 is 42.9 Å². The number of hydrogen-bond acceptors (Lipinski definition) is 11. The Morgan fingerprint density at radius 3 is 1.85 bits per heavy atom. The second-order valence-electron chi connectivity index (χ2n) is 10.0. The Bertz CT molecular complexity index is 985. The van der Waals surface area contributed by atoms with Gasteiger partial charge < -0.3 is 39.6 Å². The van der Waals surface area contributed by atoms with E-state index in [9.17, 15) is 19.2 Å². The van der Waals surface area contributed by atoms with Crippen LogP contribution in [0.15, 0.2) is 22.5 Å². The summed E-state index contributed by atoms with van der Waals surface area (Å²) in [6.45, 7) is 12.0. The average Bonchev–Trinajstić information content (AvgIpc) is 3.57. The topological polar surface area (TPSA) is 156 Å². The van der Waals surface area contributed by atoms with Gasteiger partial charge in [-0.3, -0.25) is 9.59 Å². The molecule has 4 rings (SSSR count). The predicted octanol–water partition coefficient (Wildman–Crippen LogP) is 2.11. The Labute approximate surface area is 242 Å². The second kappa shape index (κ2) is 17.1. The molecule has 0 spiro atoms. The zero-order valence-electron chi connectivity index (χ0n) is 25.3. The van der Waals surface area contributed by atoms with Crippen molar-refractivity contribution in [2.24, 2.45) is 5.73 Å². The quantitative estimate of drug-likeness (QED) is 0.234. The molecule has 12 nitrogen and oxygen atoms in total. The number of amides is 1. The van der Waals surface area contributed by atoms with Crippen molar-refractivity contribution in [3.63, 3.8) is 0 Å². The van der Waals surface area contributed by atoms with Crippen LogP contribution in [0.5, 0.6) is 0 Å². The van der Waals surface area contributed by atoms with Crippen molar-refractivity contribution in [3.8, 4) is 0 Å². The van der Waals surface area contributed by atoms with Gasteiger partial charge in [0.15, 0.2) is 0 Å². The van der Waals surface area contributed by atoms with Gasteiger partial charge in [0.25, 0.3) is 0 Å². The normalized spacial score (nSPS) is 24.1. The maximum atomic E-state index is 11.9. The van der Waals surface area contributed by atoms with Gasteiger partial charge in [0, 0.05) is 18.5 Å². The fraction of sp³-hybridized carbons (Fsp3) is 0.724. The number of carbonyl (C=O) groups is 4. The van der Waals surface area contributed by atoms with Crippen LogP contribution in [0.1, 0.15) is 72.6 Å². The minimum absolute atomic E-state index is 0.00481. The van der Waals surface area contributed by atoms with Gasteiger partial charge in [-0.05, 0) is 52.2 Å². The van der Waals surface area contributed by atoms with E-state index in [4.69, 9.17) is 24.7 Å². The summed E-state index contributed by atoms with van der Waals surface area (Å²) in [5, 5.41) is 2.62. The maximum absolute atomic E-state index is 11.9. The number of ether oxygens (including phenoxy) is 5. The van der Waals surface area contributed by atoms with Gasteiger partial charge >= 0.3 is 17.9 Å². The van der Waals surface area contributed by atoms with Crippen LogP contribution < -0.4 is 11.1 Å². The van der Waals surface area contributed by atoms with Crippen molar-refractivity contribution in [1.29, 1.82) is 0 Å². The first kappa shape index (κ1) is 34.2. The molecule has 4 unspecified atom stereocenters. The van der Waals surface area contributed by atoms with Gasteiger partial charge in [0.2, 0.25) is 5.91 Å². The van der Waals surface area contributed by atoms with E-state index in [0.29, 0.717) is 35.4 Å². The number of nitrogens with one attached hydrogen (secondary N) is 1. The summed E-state index contributed by atoms with van der Waals surface area (Å²) in [6.07, 6.45) is 3.93. The molecule has 0 aliphatic carbocycles. The van der Waals surface area contributed by atoms with Crippen molar-refractivity contribution in [2.45, 2.75) is 97.1 Å². The smallest absolute Gasteiger partial charge is 0.335 e. The lowest BCUT2D eigenvalue weighted by atomic mass is 10.0. The fourth-order valence-electron chi connectivity index (χ4n) is 5.23.